The van der Waals surface area contributed by atoms with Crippen LogP contribution in [0.1, 0.15) is 22.4 Å². The van der Waals surface area contributed by atoms with Gasteiger partial charge in [-0.05, 0) is 50.5 Å². The van der Waals surface area contributed by atoms with Crippen molar-refractivity contribution in [3.8, 4) is 0 Å². The molecule has 0 amide bonds. The number of aromatic nitrogens is 2. The number of benzene rings is 1. The van der Waals surface area contributed by atoms with Gasteiger partial charge in [-0.2, -0.15) is 5.10 Å². The van der Waals surface area contributed by atoms with Crippen LogP contribution in [0.15, 0.2) is 6.07 Å². The fraction of sp³-hybridized carbons (Fsp3) is 0.364. The lowest BCUT2D eigenvalue weighted by Crippen LogP contribution is -1.87. The number of aromatic amines is 1. The van der Waals surface area contributed by atoms with Gasteiger partial charge in [0.15, 0.2) is 0 Å². The molecule has 13 heavy (non-hydrogen) atoms. The van der Waals surface area contributed by atoms with Gasteiger partial charge in [-0.1, -0.05) is 0 Å². The summed E-state index contributed by atoms with van der Waals surface area (Å²) >= 11 is 0. The van der Waals surface area contributed by atoms with Crippen LogP contribution in [0.2, 0.25) is 0 Å². The lowest BCUT2D eigenvalue weighted by molar-refractivity contribution is 1.07. The van der Waals surface area contributed by atoms with Gasteiger partial charge < -0.3 is 0 Å². The maximum Gasteiger partial charge on any atom is 0.0929 e. The number of hydrogen-bond acceptors (Lipinski definition) is 1. The summed E-state index contributed by atoms with van der Waals surface area (Å²) in [5.74, 6) is 0. The van der Waals surface area contributed by atoms with Gasteiger partial charge in [0.25, 0.3) is 0 Å². The number of nitrogens with one attached hydrogen (secondary N) is 1. The summed E-state index contributed by atoms with van der Waals surface area (Å²) in [5.41, 5.74) is 6.28. The van der Waals surface area contributed by atoms with E-state index >= 15 is 0 Å². The third-order valence-corrected chi connectivity index (χ3v) is 2.86. The van der Waals surface area contributed by atoms with E-state index in [2.05, 4.69) is 44.0 Å². The number of fused-ring (bicyclic) bond motifs is 1. The van der Waals surface area contributed by atoms with Crippen LogP contribution < -0.4 is 0 Å². The molecule has 0 unspecified atom stereocenters. The molecule has 0 spiro atoms. The van der Waals surface area contributed by atoms with Crippen LogP contribution >= 0.6 is 0 Å². The van der Waals surface area contributed by atoms with Crippen LogP contribution in [0.5, 0.6) is 0 Å². The molecule has 0 radical (unpaired) electrons. The minimum atomic E-state index is 1.08. The summed E-state index contributed by atoms with van der Waals surface area (Å²) in [5, 5.41) is 8.56. The molecule has 1 aromatic heterocycles. The largest absolute Gasteiger partial charge is 0.282 e. The van der Waals surface area contributed by atoms with Crippen LogP contribution in [0.3, 0.4) is 0 Å². The van der Waals surface area contributed by atoms with E-state index in [1.54, 1.807) is 0 Å². The van der Waals surface area contributed by atoms with Gasteiger partial charge in [-0.25, -0.2) is 0 Å². The van der Waals surface area contributed by atoms with Crippen molar-refractivity contribution < 1.29 is 0 Å². The van der Waals surface area contributed by atoms with Gasteiger partial charge in [0.05, 0.1) is 5.52 Å². The van der Waals surface area contributed by atoms with Crippen LogP contribution in [0.4, 0.5) is 0 Å². The Bertz CT molecular complexity index is 466. The van der Waals surface area contributed by atoms with Crippen molar-refractivity contribution in [3.63, 3.8) is 0 Å². The molecule has 68 valence electrons. The molecule has 1 N–H and O–H groups in total. The summed E-state index contributed by atoms with van der Waals surface area (Å²) in [6, 6.07) is 2.14. The van der Waals surface area contributed by atoms with Gasteiger partial charge in [-0.3, -0.25) is 5.10 Å². The second-order valence-electron chi connectivity index (χ2n) is 3.69. The Balaban J connectivity index is 2.97. The van der Waals surface area contributed by atoms with Crippen molar-refractivity contribution in [2.24, 2.45) is 0 Å². The minimum absolute atomic E-state index is 1.08. The zero-order valence-corrected chi connectivity index (χ0v) is 8.52. The lowest BCUT2D eigenvalue weighted by atomic mass is 9.99. The van der Waals surface area contributed by atoms with Gasteiger partial charge >= 0.3 is 0 Å². The molecular formula is C11H14N2. The molecule has 1 aromatic carbocycles. The summed E-state index contributed by atoms with van der Waals surface area (Å²) in [6.07, 6.45) is 0. The normalized spacial score (nSPS) is 11.1. The Morgan fingerprint density at radius 2 is 1.77 bits per heavy atom. The van der Waals surface area contributed by atoms with E-state index < -0.39 is 0 Å². The van der Waals surface area contributed by atoms with Crippen molar-refractivity contribution in [1.29, 1.82) is 0 Å². The van der Waals surface area contributed by atoms with Crippen LogP contribution in [-0.2, 0) is 0 Å². The highest BCUT2D eigenvalue weighted by molar-refractivity contribution is 5.86. The third-order valence-electron chi connectivity index (χ3n) is 2.86. The quantitative estimate of drug-likeness (QED) is 0.653. The molecule has 2 nitrogen and oxygen atoms in total. The minimum Gasteiger partial charge on any atom is -0.282 e. The van der Waals surface area contributed by atoms with Crippen LogP contribution in [0.25, 0.3) is 10.9 Å². The van der Waals surface area contributed by atoms with Crippen LogP contribution in [-0.4, -0.2) is 10.2 Å². The first-order chi connectivity index (χ1) is 6.11. The van der Waals surface area contributed by atoms with Crippen LogP contribution in [0, 0.1) is 27.7 Å². The van der Waals surface area contributed by atoms with Crippen molar-refractivity contribution in [2.45, 2.75) is 27.7 Å². The molecular weight excluding hydrogens is 160 g/mol. The zero-order valence-electron chi connectivity index (χ0n) is 8.52. The van der Waals surface area contributed by atoms with E-state index in [1.807, 2.05) is 0 Å². The number of nitrogens with zero attached hydrogens (tertiary/aromatic N) is 1. The lowest BCUT2D eigenvalue weighted by Gasteiger charge is -2.05. The van der Waals surface area contributed by atoms with Gasteiger partial charge in [0, 0.05) is 11.1 Å². The smallest absolute Gasteiger partial charge is 0.0929 e. The van der Waals surface area contributed by atoms with Crippen molar-refractivity contribution >= 4 is 10.9 Å². The highest BCUT2D eigenvalue weighted by atomic mass is 15.1. The number of hydrogen-bond donors (Lipinski definition) is 1. The molecule has 0 aliphatic rings. The third kappa shape index (κ3) is 1.05. The van der Waals surface area contributed by atoms with E-state index in [9.17, 15) is 0 Å². The summed E-state index contributed by atoms with van der Waals surface area (Å²) < 4.78 is 0. The van der Waals surface area contributed by atoms with E-state index in [0.29, 0.717) is 0 Å². The second kappa shape index (κ2) is 2.59. The predicted octanol–water partition coefficient (Wildman–Crippen LogP) is 2.80. The molecule has 2 aromatic rings. The van der Waals surface area contributed by atoms with E-state index in [4.69, 9.17) is 0 Å². The first-order valence-electron chi connectivity index (χ1n) is 4.52. The molecule has 0 atom stereocenters. The maximum atomic E-state index is 4.26. The topological polar surface area (TPSA) is 28.7 Å². The van der Waals surface area contributed by atoms with E-state index in [0.717, 1.165) is 11.2 Å². The highest BCUT2D eigenvalue weighted by Gasteiger charge is 2.08. The number of H-pyrrole nitrogens is 1. The molecule has 0 bridgehead atoms. The first kappa shape index (κ1) is 8.30. The van der Waals surface area contributed by atoms with Gasteiger partial charge in [0.1, 0.15) is 0 Å². The van der Waals surface area contributed by atoms with Crippen molar-refractivity contribution in [2.75, 3.05) is 0 Å². The van der Waals surface area contributed by atoms with Crippen molar-refractivity contribution in [1.82, 2.24) is 10.2 Å². The monoisotopic (exact) mass is 174 g/mol. The van der Waals surface area contributed by atoms with Gasteiger partial charge in [0.2, 0.25) is 0 Å². The fourth-order valence-electron chi connectivity index (χ4n) is 1.82. The molecule has 2 heteroatoms. The molecule has 0 aliphatic carbocycles. The average Bonchev–Trinajstić information content (AvgIpc) is 2.43. The Morgan fingerprint density at radius 1 is 1.08 bits per heavy atom. The summed E-state index contributed by atoms with van der Waals surface area (Å²) in [7, 11) is 0. The summed E-state index contributed by atoms with van der Waals surface area (Å²) in [4.78, 5) is 0. The molecule has 0 aliphatic heterocycles. The SMILES string of the molecule is Cc1cc2n[nH]c(C)c2c(C)c1C. The summed E-state index contributed by atoms with van der Waals surface area (Å²) in [6.45, 7) is 8.52. The highest BCUT2D eigenvalue weighted by Crippen LogP contribution is 2.25. The predicted molar refractivity (Wildman–Crippen MR) is 55.0 cm³/mol. The van der Waals surface area contributed by atoms with Gasteiger partial charge in [-0.15, -0.1) is 0 Å². The average molecular weight is 174 g/mol. The molecule has 2 rings (SSSR count). The molecule has 0 saturated heterocycles. The standard InChI is InChI=1S/C11H14N2/c1-6-5-10-11(8(3)7(6)2)9(4)12-13-10/h5H,1-4H3,(H,12,13). The number of aryl methyl sites for hydroxylation is 3. The Morgan fingerprint density at radius 3 is 2.46 bits per heavy atom. The fourth-order valence-corrected chi connectivity index (χ4v) is 1.82. The molecule has 0 saturated carbocycles. The zero-order chi connectivity index (χ0) is 9.59. The maximum absolute atomic E-state index is 4.26. The number of rotatable bonds is 0. The van der Waals surface area contributed by atoms with Crippen molar-refractivity contribution in [3.05, 3.63) is 28.5 Å². The molecule has 1 heterocycles. The Hall–Kier alpha value is -1.31. The van der Waals surface area contributed by atoms with E-state index in [1.165, 1.54) is 22.1 Å². The second-order valence-corrected chi connectivity index (χ2v) is 3.69. The first-order valence-corrected chi connectivity index (χ1v) is 4.52. The Labute approximate surface area is 78.0 Å². The Kier molecular flexibility index (Phi) is 1.65. The van der Waals surface area contributed by atoms with E-state index in [-0.39, 0.29) is 0 Å². The molecule has 0 fully saturated rings.